The van der Waals surface area contributed by atoms with Gasteiger partial charge in [-0.2, -0.15) is 13.2 Å². The Kier molecular flexibility index (Phi) is 7.01. The summed E-state index contributed by atoms with van der Waals surface area (Å²) < 4.78 is 58.6. The number of ether oxygens (including phenoxy) is 3. The molecule has 2 bridgehead atoms. The molecule has 6 aliphatic rings. The van der Waals surface area contributed by atoms with Gasteiger partial charge in [0.2, 0.25) is 12.1 Å². The molecule has 10 heteroatoms. The summed E-state index contributed by atoms with van der Waals surface area (Å²) in [4.78, 5) is 16.2. The molecule has 1 saturated carbocycles. The van der Waals surface area contributed by atoms with Crippen molar-refractivity contribution in [2.75, 3.05) is 31.1 Å². The van der Waals surface area contributed by atoms with Gasteiger partial charge in [-0.3, -0.25) is 4.90 Å². The molecule has 2 unspecified atom stereocenters. The first-order chi connectivity index (χ1) is 20.0. The van der Waals surface area contributed by atoms with Crippen molar-refractivity contribution in [2.45, 2.75) is 76.7 Å². The number of nitrogens with zero attached hydrogens (tertiary/aromatic N) is 2. The summed E-state index contributed by atoms with van der Waals surface area (Å²) in [6.45, 7) is 10.1. The zero-order valence-electron chi connectivity index (χ0n) is 24.3. The van der Waals surface area contributed by atoms with Crippen LogP contribution in [0.25, 0.3) is 0 Å². The van der Waals surface area contributed by atoms with E-state index in [4.69, 9.17) is 24.0 Å². The highest BCUT2D eigenvalue weighted by Gasteiger charge is 2.72. The number of hydrogen-bond donors (Lipinski definition) is 0. The Labute approximate surface area is 244 Å². The summed E-state index contributed by atoms with van der Waals surface area (Å²) in [6, 6.07) is 13.7. The molecule has 0 N–H and O–H groups in total. The van der Waals surface area contributed by atoms with Gasteiger partial charge in [0.05, 0.1) is 5.56 Å². The minimum absolute atomic E-state index is 0.0960. The molecule has 5 saturated heterocycles. The predicted molar refractivity (Wildman–Crippen MR) is 148 cm³/mol. The van der Waals surface area contributed by atoms with Crippen molar-refractivity contribution in [1.82, 2.24) is 4.90 Å². The van der Waals surface area contributed by atoms with Crippen LogP contribution in [0.15, 0.2) is 48.5 Å². The third kappa shape index (κ3) is 4.89. The van der Waals surface area contributed by atoms with Crippen LogP contribution in [0.4, 0.5) is 18.9 Å². The van der Waals surface area contributed by atoms with E-state index in [9.17, 15) is 13.2 Å². The largest absolute Gasteiger partial charge is 0.465 e. The van der Waals surface area contributed by atoms with Gasteiger partial charge >= 0.3 is 6.18 Å². The standard InChI is InChI=1S/C32H39F3N2O5/c1-20-7-12-26-21(2)28(39-29-31(26)27(20)18-30(3,40-29)41-42-31)38-25-10-8-22(9-11-25)19-36-13-15-37(16-14-36)24-6-4-5-23(17-24)32(33,34)35/h4-6,8-11,17,20-21,26-29H,7,12-16,18-19H2,1-3H3/t20-,21-,26?,27?,28+,29-,30+,31+/m1/s1. The highest BCUT2D eigenvalue weighted by atomic mass is 19.4. The first-order valence-corrected chi connectivity index (χ1v) is 15.1. The molecule has 0 amide bonds. The Balaban J connectivity index is 0.963. The maximum atomic E-state index is 13.1. The van der Waals surface area contributed by atoms with E-state index >= 15 is 0 Å². The lowest BCUT2D eigenvalue weighted by Gasteiger charge is -2.66. The number of hydrogen-bond acceptors (Lipinski definition) is 7. The van der Waals surface area contributed by atoms with Crippen molar-refractivity contribution in [3.05, 3.63) is 59.7 Å². The Morgan fingerprint density at radius 3 is 2.45 bits per heavy atom. The Morgan fingerprint density at radius 2 is 1.71 bits per heavy atom. The van der Waals surface area contributed by atoms with Crippen LogP contribution in [0, 0.1) is 23.7 Å². The van der Waals surface area contributed by atoms with Crippen molar-refractivity contribution < 1.29 is 37.2 Å². The van der Waals surface area contributed by atoms with Crippen molar-refractivity contribution in [1.29, 1.82) is 0 Å². The highest BCUT2D eigenvalue weighted by molar-refractivity contribution is 5.49. The van der Waals surface area contributed by atoms with Crippen LogP contribution in [-0.2, 0) is 32.0 Å². The molecule has 8 atom stereocenters. The Morgan fingerprint density at radius 1 is 0.952 bits per heavy atom. The SMILES string of the molecule is C[C@@H]1CCC2[C@@H](C)[C@@H](Oc3ccc(CN4CCN(c5cccc(C(F)(F)F)c5)CC4)cc3)O[C@@H]3O[C@]4(C)CC1[C@@]23OO4. The van der Waals surface area contributed by atoms with E-state index in [-0.39, 0.29) is 11.8 Å². The van der Waals surface area contributed by atoms with E-state index in [1.165, 1.54) is 12.1 Å². The lowest BCUT2D eigenvalue weighted by Crippen LogP contribution is -2.76. The number of piperazine rings is 1. The van der Waals surface area contributed by atoms with Gasteiger partial charge in [0.1, 0.15) is 5.75 Å². The molecular formula is C32H39F3N2O5. The third-order valence-corrected chi connectivity index (χ3v) is 10.3. The van der Waals surface area contributed by atoms with E-state index in [0.29, 0.717) is 30.6 Å². The van der Waals surface area contributed by atoms with Crippen molar-refractivity contribution in [3.63, 3.8) is 0 Å². The number of benzene rings is 2. The predicted octanol–water partition coefficient (Wildman–Crippen LogP) is 6.22. The summed E-state index contributed by atoms with van der Waals surface area (Å²) in [6.07, 6.45) is -2.35. The summed E-state index contributed by atoms with van der Waals surface area (Å²) >= 11 is 0. The number of alkyl halides is 3. The summed E-state index contributed by atoms with van der Waals surface area (Å²) in [7, 11) is 0. The Hall–Kier alpha value is -2.37. The van der Waals surface area contributed by atoms with Crippen LogP contribution in [-0.4, -0.2) is 55.0 Å². The van der Waals surface area contributed by atoms with Crippen molar-refractivity contribution in [3.8, 4) is 5.75 Å². The molecule has 5 heterocycles. The smallest absolute Gasteiger partial charge is 0.416 e. The number of rotatable bonds is 5. The van der Waals surface area contributed by atoms with Crippen LogP contribution in [0.5, 0.6) is 5.75 Å². The van der Waals surface area contributed by atoms with Crippen LogP contribution >= 0.6 is 0 Å². The zero-order valence-corrected chi connectivity index (χ0v) is 24.3. The van der Waals surface area contributed by atoms with Gasteiger partial charge in [0.15, 0.2) is 11.9 Å². The Bertz CT molecular complexity index is 1290. The average Bonchev–Trinajstić information content (AvgIpc) is 2.97. The van der Waals surface area contributed by atoms with E-state index in [0.717, 1.165) is 56.3 Å². The molecule has 1 aliphatic carbocycles. The number of fused-ring (bicyclic) bond motifs is 1. The normalized spacial score (nSPS) is 38.3. The highest BCUT2D eigenvalue weighted by Crippen LogP contribution is 2.62. The fourth-order valence-electron chi connectivity index (χ4n) is 7.93. The van der Waals surface area contributed by atoms with Crippen LogP contribution in [0.2, 0.25) is 0 Å². The van der Waals surface area contributed by atoms with E-state index in [2.05, 4.69) is 30.9 Å². The van der Waals surface area contributed by atoms with Gasteiger partial charge in [-0.05, 0) is 61.6 Å². The molecule has 1 spiro atoms. The molecule has 5 aliphatic heterocycles. The van der Waals surface area contributed by atoms with Gasteiger partial charge in [-0.1, -0.05) is 32.0 Å². The molecule has 2 aromatic rings. The van der Waals surface area contributed by atoms with Crippen molar-refractivity contribution >= 4 is 5.69 Å². The maximum absolute atomic E-state index is 13.1. The molecule has 7 nitrogen and oxygen atoms in total. The van der Waals surface area contributed by atoms with Gasteiger partial charge in [0, 0.05) is 62.6 Å². The van der Waals surface area contributed by atoms with E-state index in [1.807, 2.05) is 24.0 Å². The summed E-state index contributed by atoms with van der Waals surface area (Å²) in [5.74, 6) is 1.08. The molecule has 0 aromatic heterocycles. The molecule has 228 valence electrons. The maximum Gasteiger partial charge on any atom is 0.416 e. The first-order valence-electron chi connectivity index (χ1n) is 15.1. The second-order valence-electron chi connectivity index (χ2n) is 13.0. The third-order valence-electron chi connectivity index (χ3n) is 10.3. The lowest BCUT2D eigenvalue weighted by molar-refractivity contribution is -0.614. The van der Waals surface area contributed by atoms with E-state index in [1.54, 1.807) is 6.07 Å². The quantitative estimate of drug-likeness (QED) is 0.384. The second-order valence-corrected chi connectivity index (χ2v) is 13.0. The summed E-state index contributed by atoms with van der Waals surface area (Å²) in [5.41, 5.74) is 0.574. The molecule has 2 aromatic carbocycles. The molecular weight excluding hydrogens is 549 g/mol. The number of anilines is 1. The van der Waals surface area contributed by atoms with Gasteiger partial charge in [-0.15, -0.1) is 0 Å². The van der Waals surface area contributed by atoms with E-state index < -0.39 is 35.7 Å². The molecule has 42 heavy (non-hydrogen) atoms. The minimum Gasteiger partial charge on any atom is -0.465 e. The van der Waals surface area contributed by atoms with Crippen molar-refractivity contribution in [2.24, 2.45) is 23.7 Å². The van der Waals surface area contributed by atoms with Crippen LogP contribution in [0.3, 0.4) is 0 Å². The zero-order chi connectivity index (χ0) is 29.3. The van der Waals surface area contributed by atoms with Gasteiger partial charge in [0.25, 0.3) is 0 Å². The average molecular weight is 589 g/mol. The van der Waals surface area contributed by atoms with Crippen LogP contribution in [0.1, 0.15) is 51.2 Å². The topological polar surface area (TPSA) is 52.6 Å². The number of halogens is 3. The van der Waals surface area contributed by atoms with Crippen LogP contribution < -0.4 is 9.64 Å². The lowest BCUT2D eigenvalue weighted by atomic mass is 9.56. The second kappa shape index (κ2) is 10.4. The summed E-state index contributed by atoms with van der Waals surface area (Å²) in [5, 5.41) is 0. The molecule has 6 fully saturated rings. The molecule has 0 radical (unpaired) electrons. The fraction of sp³-hybridized carbons (Fsp3) is 0.625. The fourth-order valence-corrected chi connectivity index (χ4v) is 7.93. The van der Waals surface area contributed by atoms with Gasteiger partial charge in [-0.25, -0.2) is 9.78 Å². The monoisotopic (exact) mass is 588 g/mol. The minimum atomic E-state index is -4.33. The van der Waals surface area contributed by atoms with Gasteiger partial charge < -0.3 is 19.1 Å². The molecule has 8 rings (SSSR count). The first kappa shape index (κ1) is 28.4.